The lowest BCUT2D eigenvalue weighted by molar-refractivity contribution is -0.142. The zero-order chi connectivity index (χ0) is 29.0. The quantitative estimate of drug-likeness (QED) is 0.339. The lowest BCUT2D eigenvalue weighted by Gasteiger charge is -2.25. The van der Waals surface area contributed by atoms with Crippen molar-refractivity contribution < 1.29 is 27.9 Å². The van der Waals surface area contributed by atoms with Crippen molar-refractivity contribution in [1.29, 1.82) is 0 Å². The molecule has 9 nitrogen and oxygen atoms in total. The van der Waals surface area contributed by atoms with E-state index in [0.29, 0.717) is 17.5 Å². The zero-order valence-electron chi connectivity index (χ0n) is 21.4. The number of carbonyl (C=O) groups is 3. The molecule has 0 aromatic heterocycles. The number of hydrogen-bond acceptors (Lipinski definition) is 5. The number of sulfonamides is 1. The number of carbonyl (C=O) groups excluding carboxylic acids is 2. The Kier molecular flexibility index (Phi) is 9.15. The van der Waals surface area contributed by atoms with Crippen molar-refractivity contribution in [3.8, 4) is 11.1 Å². The monoisotopic (exact) mass is 603 g/mol. The molecule has 1 fully saturated rings. The molecule has 0 radical (unpaired) electrons. The van der Waals surface area contributed by atoms with E-state index in [4.69, 9.17) is 23.2 Å². The van der Waals surface area contributed by atoms with Gasteiger partial charge in [0, 0.05) is 35.6 Å². The Morgan fingerprint density at radius 1 is 1.02 bits per heavy atom. The van der Waals surface area contributed by atoms with Gasteiger partial charge in [0.25, 0.3) is 5.91 Å². The Labute approximate surface area is 242 Å². The van der Waals surface area contributed by atoms with Gasteiger partial charge in [0.2, 0.25) is 15.9 Å². The highest BCUT2D eigenvalue weighted by Gasteiger charge is 2.40. The molecule has 0 bridgehead atoms. The summed E-state index contributed by atoms with van der Waals surface area (Å²) in [5, 5.41) is 15.2. The summed E-state index contributed by atoms with van der Waals surface area (Å²) in [5.41, 5.74) is 2.63. The first-order chi connectivity index (χ1) is 19.0. The molecule has 40 heavy (non-hydrogen) atoms. The number of carboxylic acid groups (broad SMARTS) is 1. The molecule has 4 rings (SSSR count). The molecule has 12 heteroatoms. The third kappa shape index (κ3) is 6.47. The molecule has 1 aliphatic rings. The number of benzene rings is 3. The van der Waals surface area contributed by atoms with Crippen molar-refractivity contribution >= 4 is 51.0 Å². The first-order valence-electron chi connectivity index (χ1n) is 12.4. The van der Waals surface area contributed by atoms with Crippen LogP contribution in [0.25, 0.3) is 11.1 Å². The first-order valence-corrected chi connectivity index (χ1v) is 14.6. The van der Waals surface area contributed by atoms with E-state index in [1.54, 1.807) is 43.4 Å². The summed E-state index contributed by atoms with van der Waals surface area (Å²) in [6.45, 7) is 0.0985. The van der Waals surface area contributed by atoms with Gasteiger partial charge < -0.3 is 15.7 Å². The Bertz CT molecular complexity index is 1530. The van der Waals surface area contributed by atoms with E-state index < -0.39 is 34.0 Å². The normalized spacial score (nSPS) is 16.3. The number of hydrogen-bond donors (Lipinski definition) is 3. The van der Waals surface area contributed by atoms with Gasteiger partial charge in [0.15, 0.2) is 0 Å². The number of halogens is 2. The fourth-order valence-corrected chi connectivity index (χ4v) is 7.08. The molecule has 3 aromatic carbocycles. The average Bonchev–Trinajstić information content (AvgIpc) is 3.43. The maximum absolute atomic E-state index is 13.3. The van der Waals surface area contributed by atoms with E-state index in [2.05, 4.69) is 10.6 Å². The second-order valence-corrected chi connectivity index (χ2v) is 12.1. The Balaban J connectivity index is 1.50. The van der Waals surface area contributed by atoms with Gasteiger partial charge >= 0.3 is 5.97 Å². The second kappa shape index (κ2) is 12.4. The van der Waals surface area contributed by atoms with Crippen LogP contribution >= 0.6 is 23.2 Å². The van der Waals surface area contributed by atoms with Gasteiger partial charge in [-0.2, -0.15) is 4.31 Å². The van der Waals surface area contributed by atoms with Crippen LogP contribution < -0.4 is 10.6 Å². The maximum atomic E-state index is 13.3. The van der Waals surface area contributed by atoms with Gasteiger partial charge in [-0.3, -0.25) is 9.59 Å². The second-order valence-electron chi connectivity index (χ2n) is 9.30. The topological polar surface area (TPSA) is 133 Å². The minimum atomic E-state index is -4.11. The molecule has 0 unspecified atom stereocenters. The highest BCUT2D eigenvalue weighted by Crippen LogP contribution is 2.30. The molecule has 0 aliphatic carbocycles. The molecule has 1 heterocycles. The molecule has 2 amide bonds. The Morgan fingerprint density at radius 3 is 2.30 bits per heavy atom. The highest BCUT2D eigenvalue weighted by atomic mass is 35.5. The predicted octanol–water partition coefficient (Wildman–Crippen LogP) is 3.99. The summed E-state index contributed by atoms with van der Waals surface area (Å²) in [6.07, 6.45) is 0.648. The third-order valence-electron chi connectivity index (χ3n) is 6.67. The summed E-state index contributed by atoms with van der Waals surface area (Å²) in [4.78, 5) is 37.3. The predicted molar refractivity (Wildman–Crippen MR) is 152 cm³/mol. The van der Waals surface area contributed by atoms with Crippen LogP contribution in [0.1, 0.15) is 28.8 Å². The number of nitrogens with one attached hydrogen (secondary N) is 2. The van der Waals surface area contributed by atoms with Crippen molar-refractivity contribution in [1.82, 2.24) is 14.9 Å². The van der Waals surface area contributed by atoms with Gasteiger partial charge in [0.1, 0.15) is 12.1 Å². The van der Waals surface area contributed by atoms with E-state index in [1.807, 2.05) is 12.1 Å². The van der Waals surface area contributed by atoms with Crippen molar-refractivity contribution in [2.45, 2.75) is 36.2 Å². The fraction of sp³-hybridized carbons (Fsp3) is 0.250. The number of nitrogens with zero attached hydrogens (tertiary/aromatic N) is 1. The molecule has 1 saturated heterocycles. The number of aliphatic carboxylic acids is 1. The first kappa shape index (κ1) is 29.5. The number of carboxylic acids is 1. The smallest absolute Gasteiger partial charge is 0.326 e. The molecular formula is C28H27Cl2N3O6S. The van der Waals surface area contributed by atoms with Crippen molar-refractivity contribution in [2.24, 2.45) is 0 Å². The van der Waals surface area contributed by atoms with Crippen LogP contribution in [0.5, 0.6) is 0 Å². The summed E-state index contributed by atoms with van der Waals surface area (Å²) in [6, 6.07) is 15.7. The lowest BCUT2D eigenvalue weighted by Crippen LogP contribution is -2.51. The zero-order valence-corrected chi connectivity index (χ0v) is 23.8. The van der Waals surface area contributed by atoms with E-state index in [0.717, 1.165) is 15.4 Å². The van der Waals surface area contributed by atoms with Crippen molar-refractivity contribution in [3.63, 3.8) is 0 Å². The van der Waals surface area contributed by atoms with E-state index in [9.17, 15) is 27.9 Å². The van der Waals surface area contributed by atoms with Gasteiger partial charge in [-0.1, -0.05) is 65.7 Å². The summed E-state index contributed by atoms with van der Waals surface area (Å²) in [5.74, 6) is -2.18. The van der Waals surface area contributed by atoms with Crippen LogP contribution in [-0.4, -0.2) is 61.3 Å². The fourth-order valence-electron chi connectivity index (χ4n) is 4.69. The van der Waals surface area contributed by atoms with Crippen LogP contribution in [0, 0.1) is 0 Å². The SMILES string of the molecule is CNC(=O)c1ccccc1-c1ccc(C[C@H](NC(=O)[C@@H]2CCCN2S(=O)(=O)c2cc(Cl)cc(Cl)c2)C(=O)O)cc1. The number of rotatable bonds is 9. The summed E-state index contributed by atoms with van der Waals surface area (Å²) >= 11 is 12.0. The molecular weight excluding hydrogens is 577 g/mol. The van der Waals surface area contributed by atoms with Crippen LogP contribution in [0.2, 0.25) is 10.0 Å². The van der Waals surface area contributed by atoms with E-state index >= 15 is 0 Å². The van der Waals surface area contributed by atoms with E-state index in [1.165, 1.54) is 18.2 Å². The molecule has 0 spiro atoms. The number of amides is 2. The summed E-state index contributed by atoms with van der Waals surface area (Å²) < 4.78 is 27.6. The van der Waals surface area contributed by atoms with Gasteiger partial charge in [-0.25, -0.2) is 13.2 Å². The largest absolute Gasteiger partial charge is 0.480 e. The minimum absolute atomic E-state index is 0.0260. The van der Waals surface area contributed by atoms with Crippen LogP contribution in [-0.2, 0) is 26.0 Å². The third-order valence-corrected chi connectivity index (χ3v) is 8.99. The lowest BCUT2D eigenvalue weighted by atomic mass is 9.96. The highest BCUT2D eigenvalue weighted by molar-refractivity contribution is 7.89. The van der Waals surface area contributed by atoms with Crippen molar-refractivity contribution in [3.05, 3.63) is 87.9 Å². The van der Waals surface area contributed by atoms with Crippen LogP contribution in [0.3, 0.4) is 0 Å². The van der Waals surface area contributed by atoms with Gasteiger partial charge in [0.05, 0.1) is 4.90 Å². The molecule has 3 aromatic rings. The summed E-state index contributed by atoms with van der Waals surface area (Å²) in [7, 11) is -2.56. The maximum Gasteiger partial charge on any atom is 0.326 e. The molecule has 1 aliphatic heterocycles. The average molecular weight is 605 g/mol. The van der Waals surface area contributed by atoms with E-state index in [-0.39, 0.29) is 40.2 Å². The molecule has 0 saturated carbocycles. The van der Waals surface area contributed by atoms with Crippen LogP contribution in [0.15, 0.2) is 71.6 Å². The van der Waals surface area contributed by atoms with Gasteiger partial charge in [-0.05, 0) is 53.8 Å². The Hall–Kier alpha value is -3.44. The van der Waals surface area contributed by atoms with Gasteiger partial charge in [-0.15, -0.1) is 0 Å². The standard InChI is InChI=1S/C28H27Cl2N3O6S/c1-31-26(34)23-6-3-2-5-22(23)18-10-8-17(9-11-18)13-24(28(36)37)32-27(35)25-7-4-12-33(25)40(38,39)21-15-19(29)14-20(30)16-21/h2-3,5-6,8-11,14-16,24-25H,4,7,12-13H2,1H3,(H,31,34)(H,32,35)(H,36,37)/t24-,25-/m0/s1. The van der Waals surface area contributed by atoms with Crippen molar-refractivity contribution in [2.75, 3.05) is 13.6 Å². The van der Waals surface area contributed by atoms with Crippen LogP contribution in [0.4, 0.5) is 0 Å². The molecule has 3 N–H and O–H groups in total. The Morgan fingerprint density at radius 2 is 1.68 bits per heavy atom. The molecule has 210 valence electrons. The molecule has 2 atom stereocenters. The minimum Gasteiger partial charge on any atom is -0.480 e.